The molecule has 2 heterocycles. The molecule has 1 aromatic carbocycles. The van der Waals surface area contributed by atoms with E-state index in [9.17, 15) is 4.79 Å². The summed E-state index contributed by atoms with van der Waals surface area (Å²) in [6.07, 6.45) is 8.82. The maximum atomic E-state index is 12.4. The van der Waals surface area contributed by atoms with Crippen LogP contribution >= 0.6 is 0 Å². The quantitative estimate of drug-likeness (QED) is 0.519. The van der Waals surface area contributed by atoms with Crippen LogP contribution in [0, 0.1) is 11.8 Å². The van der Waals surface area contributed by atoms with Gasteiger partial charge in [-0.15, -0.1) is 0 Å². The van der Waals surface area contributed by atoms with Crippen molar-refractivity contribution in [1.82, 2.24) is 15.1 Å². The smallest absolute Gasteiger partial charge is 0.308 e. The lowest BCUT2D eigenvalue weighted by molar-refractivity contribution is 0.201. The number of hydrogen-bond donors (Lipinski definition) is 1. The summed E-state index contributed by atoms with van der Waals surface area (Å²) in [7, 11) is 0. The Labute approximate surface area is 183 Å². The number of nitrogens with one attached hydrogen (secondary N) is 1. The molecule has 0 bridgehead atoms. The fraction of sp³-hybridized carbons (Fsp3) is 0.500. The van der Waals surface area contributed by atoms with Gasteiger partial charge in [0.15, 0.2) is 0 Å². The van der Waals surface area contributed by atoms with Crippen molar-refractivity contribution < 1.29 is 9.47 Å². The number of anilines is 1. The van der Waals surface area contributed by atoms with Crippen LogP contribution in [-0.4, -0.2) is 61.0 Å². The van der Waals surface area contributed by atoms with E-state index < -0.39 is 0 Å². The minimum atomic E-state index is -0.303. The van der Waals surface area contributed by atoms with Gasteiger partial charge in [0.25, 0.3) is 0 Å². The second-order valence-corrected chi connectivity index (χ2v) is 8.45. The van der Waals surface area contributed by atoms with Crippen molar-refractivity contribution in [2.75, 3.05) is 50.8 Å². The second-order valence-electron chi connectivity index (χ2n) is 8.45. The summed E-state index contributed by atoms with van der Waals surface area (Å²) < 4.78 is 11.5. The topological polar surface area (TPSA) is 70.7 Å². The van der Waals surface area contributed by atoms with Crippen LogP contribution in [0.4, 0.5) is 5.69 Å². The standard InChI is InChI=1S/C24H32N4O3/c1-19-6-5-7-20(16-19)18-27-10-12-28(13-11-27)22-17-25-26-24(29)23(22)31-15-14-30-21-8-3-2-4-9-21/h2-6,8-9,17,19-20H,7,10-16,18H2,1H3,(H,26,29). The first kappa shape index (κ1) is 21.4. The fourth-order valence-electron chi connectivity index (χ4n) is 4.45. The lowest BCUT2D eigenvalue weighted by Gasteiger charge is -2.38. The zero-order chi connectivity index (χ0) is 21.5. The molecule has 4 rings (SSSR count). The fourth-order valence-corrected chi connectivity index (χ4v) is 4.45. The summed E-state index contributed by atoms with van der Waals surface area (Å²) in [4.78, 5) is 17.1. The maximum absolute atomic E-state index is 12.4. The molecule has 31 heavy (non-hydrogen) atoms. The minimum absolute atomic E-state index is 0.294. The van der Waals surface area contributed by atoms with E-state index in [1.807, 2.05) is 30.3 Å². The molecule has 1 aliphatic heterocycles. The second kappa shape index (κ2) is 10.5. The predicted octanol–water partition coefficient (Wildman–Crippen LogP) is 2.95. The number of ether oxygens (including phenoxy) is 2. The van der Waals surface area contributed by atoms with Crippen LogP contribution in [0.3, 0.4) is 0 Å². The number of nitrogens with zero attached hydrogens (tertiary/aromatic N) is 3. The first-order chi connectivity index (χ1) is 15.2. The number of benzene rings is 1. The van der Waals surface area contributed by atoms with E-state index in [1.54, 1.807) is 6.20 Å². The van der Waals surface area contributed by atoms with Gasteiger partial charge in [-0.2, -0.15) is 5.10 Å². The average molecular weight is 425 g/mol. The van der Waals surface area contributed by atoms with Crippen LogP contribution in [0.5, 0.6) is 11.5 Å². The van der Waals surface area contributed by atoms with E-state index in [0.29, 0.717) is 24.9 Å². The summed E-state index contributed by atoms with van der Waals surface area (Å²) in [5.41, 5.74) is 0.458. The molecule has 2 atom stereocenters. The number of aromatic nitrogens is 2. The molecule has 0 amide bonds. The molecule has 1 fully saturated rings. The highest BCUT2D eigenvalue weighted by Crippen LogP contribution is 2.27. The van der Waals surface area contributed by atoms with E-state index in [1.165, 1.54) is 12.8 Å². The van der Waals surface area contributed by atoms with Crippen molar-refractivity contribution >= 4 is 5.69 Å². The van der Waals surface area contributed by atoms with Crippen molar-refractivity contribution in [2.24, 2.45) is 11.8 Å². The Morgan fingerprint density at radius 1 is 1.10 bits per heavy atom. The average Bonchev–Trinajstić information content (AvgIpc) is 2.79. The number of aromatic amines is 1. The third-order valence-electron chi connectivity index (χ3n) is 6.00. The first-order valence-corrected chi connectivity index (χ1v) is 11.2. The summed E-state index contributed by atoms with van der Waals surface area (Å²) in [6, 6.07) is 9.58. The van der Waals surface area contributed by atoms with E-state index >= 15 is 0 Å². The maximum Gasteiger partial charge on any atom is 0.308 e. The SMILES string of the molecule is CC1C=CCC(CN2CCN(c3cn[nH]c(=O)c3OCCOc3ccccc3)CC2)C1. The Morgan fingerprint density at radius 3 is 2.65 bits per heavy atom. The predicted molar refractivity (Wildman–Crippen MR) is 122 cm³/mol. The van der Waals surface area contributed by atoms with Gasteiger partial charge in [-0.1, -0.05) is 37.3 Å². The minimum Gasteiger partial charge on any atom is -0.490 e. The Bertz CT molecular complexity index is 907. The van der Waals surface area contributed by atoms with Crippen molar-refractivity contribution in [3.8, 4) is 11.5 Å². The van der Waals surface area contributed by atoms with Gasteiger partial charge in [0.05, 0.1) is 6.20 Å². The van der Waals surface area contributed by atoms with Crippen molar-refractivity contribution in [3.05, 3.63) is 59.0 Å². The van der Waals surface area contributed by atoms with Crippen LogP contribution in [0.25, 0.3) is 0 Å². The number of rotatable bonds is 8. The summed E-state index contributed by atoms with van der Waals surface area (Å²) in [6.45, 7) is 7.80. The molecule has 1 N–H and O–H groups in total. The number of H-pyrrole nitrogens is 1. The van der Waals surface area contributed by atoms with Gasteiger partial charge in [0, 0.05) is 32.7 Å². The summed E-state index contributed by atoms with van der Waals surface area (Å²) >= 11 is 0. The Hall–Kier alpha value is -2.80. The molecule has 0 radical (unpaired) electrons. The van der Waals surface area contributed by atoms with Gasteiger partial charge in [-0.25, -0.2) is 5.10 Å². The highest BCUT2D eigenvalue weighted by molar-refractivity contribution is 5.56. The lowest BCUT2D eigenvalue weighted by atomic mass is 9.87. The first-order valence-electron chi connectivity index (χ1n) is 11.2. The van der Waals surface area contributed by atoms with Crippen molar-refractivity contribution in [3.63, 3.8) is 0 Å². The molecule has 166 valence electrons. The molecule has 0 saturated carbocycles. The lowest BCUT2D eigenvalue weighted by Crippen LogP contribution is -2.48. The van der Waals surface area contributed by atoms with Gasteiger partial charge >= 0.3 is 5.56 Å². The molecule has 0 spiro atoms. The van der Waals surface area contributed by atoms with Gasteiger partial charge in [-0.05, 0) is 36.8 Å². The third-order valence-corrected chi connectivity index (χ3v) is 6.00. The van der Waals surface area contributed by atoms with Crippen LogP contribution in [0.15, 0.2) is 53.5 Å². The number of allylic oxidation sites excluding steroid dienone is 2. The van der Waals surface area contributed by atoms with Crippen molar-refractivity contribution in [2.45, 2.75) is 19.8 Å². The Balaban J connectivity index is 1.30. The highest BCUT2D eigenvalue weighted by Gasteiger charge is 2.24. The van der Waals surface area contributed by atoms with Gasteiger partial charge in [0.1, 0.15) is 24.7 Å². The largest absolute Gasteiger partial charge is 0.490 e. The number of para-hydroxylation sites is 1. The molecule has 7 nitrogen and oxygen atoms in total. The van der Waals surface area contributed by atoms with E-state index in [4.69, 9.17) is 9.47 Å². The van der Waals surface area contributed by atoms with Crippen LogP contribution in [-0.2, 0) is 0 Å². The molecular formula is C24H32N4O3. The zero-order valence-corrected chi connectivity index (χ0v) is 18.2. The van der Waals surface area contributed by atoms with Gasteiger partial charge in [-0.3, -0.25) is 9.69 Å². The summed E-state index contributed by atoms with van der Waals surface area (Å²) in [5, 5.41) is 6.50. The molecule has 2 aromatic rings. The van der Waals surface area contributed by atoms with E-state index in [-0.39, 0.29) is 5.56 Å². The monoisotopic (exact) mass is 424 g/mol. The molecule has 2 aliphatic rings. The third kappa shape index (κ3) is 5.88. The molecule has 7 heteroatoms. The normalized spacial score (nSPS) is 21.8. The van der Waals surface area contributed by atoms with Gasteiger partial charge < -0.3 is 14.4 Å². The van der Waals surface area contributed by atoms with Gasteiger partial charge in [0.2, 0.25) is 5.75 Å². The van der Waals surface area contributed by atoms with E-state index in [2.05, 4.69) is 39.1 Å². The summed E-state index contributed by atoms with van der Waals surface area (Å²) in [5.74, 6) is 2.55. The number of hydrogen-bond acceptors (Lipinski definition) is 6. The van der Waals surface area contributed by atoms with Crippen LogP contribution in [0.1, 0.15) is 19.8 Å². The zero-order valence-electron chi connectivity index (χ0n) is 18.2. The molecule has 1 aromatic heterocycles. The molecule has 1 saturated heterocycles. The van der Waals surface area contributed by atoms with Crippen LogP contribution in [0.2, 0.25) is 0 Å². The Morgan fingerprint density at radius 2 is 1.87 bits per heavy atom. The van der Waals surface area contributed by atoms with Crippen molar-refractivity contribution in [1.29, 1.82) is 0 Å². The molecule has 1 aliphatic carbocycles. The number of piperazine rings is 1. The van der Waals surface area contributed by atoms with E-state index in [0.717, 1.165) is 50.1 Å². The highest BCUT2D eigenvalue weighted by atomic mass is 16.5. The van der Waals surface area contributed by atoms with Crippen LogP contribution < -0.4 is 19.9 Å². The Kier molecular flexibility index (Phi) is 7.25. The molecular weight excluding hydrogens is 392 g/mol. The molecule has 2 unspecified atom stereocenters.